The van der Waals surface area contributed by atoms with Gasteiger partial charge in [0.05, 0.1) is 7.11 Å². The Morgan fingerprint density at radius 3 is 2.88 bits per heavy atom. The predicted octanol–water partition coefficient (Wildman–Crippen LogP) is 3.36. The summed E-state index contributed by atoms with van der Waals surface area (Å²) in [4.78, 5) is 0. The Balaban J connectivity index is 2.57. The number of nitrogens with two attached hydrogens (primary N) is 1. The quantitative estimate of drug-likeness (QED) is 0.774. The molecule has 96 valence electrons. The first kappa shape index (κ1) is 14.7. The average molecular weight is 274 g/mol. The number of thioether (sulfide) groups is 1. The molecule has 0 fully saturated rings. The van der Waals surface area contributed by atoms with Gasteiger partial charge in [0.1, 0.15) is 5.75 Å². The number of ether oxygens (including phenoxy) is 1. The van der Waals surface area contributed by atoms with Gasteiger partial charge < -0.3 is 10.5 Å². The third-order valence-corrected chi connectivity index (χ3v) is 4.00. The van der Waals surface area contributed by atoms with Gasteiger partial charge in [0.2, 0.25) is 0 Å². The van der Waals surface area contributed by atoms with Gasteiger partial charge in [0.25, 0.3) is 0 Å². The summed E-state index contributed by atoms with van der Waals surface area (Å²) in [7, 11) is 1.67. The zero-order chi connectivity index (χ0) is 12.7. The highest BCUT2D eigenvalue weighted by atomic mass is 35.5. The van der Waals surface area contributed by atoms with E-state index in [2.05, 4.69) is 6.92 Å². The van der Waals surface area contributed by atoms with E-state index >= 15 is 0 Å². The number of benzene rings is 1. The molecule has 0 aliphatic heterocycles. The van der Waals surface area contributed by atoms with Gasteiger partial charge in [0, 0.05) is 16.8 Å². The van der Waals surface area contributed by atoms with E-state index in [0.717, 1.165) is 28.5 Å². The zero-order valence-electron chi connectivity index (χ0n) is 10.4. The van der Waals surface area contributed by atoms with E-state index < -0.39 is 0 Å². The van der Waals surface area contributed by atoms with Crippen LogP contribution >= 0.6 is 23.4 Å². The summed E-state index contributed by atoms with van der Waals surface area (Å²) < 4.78 is 5.31. The van der Waals surface area contributed by atoms with Crippen molar-refractivity contribution in [1.29, 1.82) is 0 Å². The van der Waals surface area contributed by atoms with E-state index in [1.54, 1.807) is 7.11 Å². The molecule has 0 bridgehead atoms. The van der Waals surface area contributed by atoms with Crippen molar-refractivity contribution in [2.45, 2.75) is 25.8 Å². The molecule has 2 nitrogen and oxygen atoms in total. The highest BCUT2D eigenvalue weighted by Gasteiger charge is 2.09. The fraction of sp³-hybridized carbons (Fsp3) is 0.538. The predicted molar refractivity (Wildman–Crippen MR) is 77.3 cm³/mol. The molecule has 1 aromatic carbocycles. The van der Waals surface area contributed by atoms with Crippen LogP contribution in [-0.2, 0) is 6.42 Å². The van der Waals surface area contributed by atoms with Gasteiger partial charge in [-0.1, -0.05) is 18.5 Å². The second-order valence-electron chi connectivity index (χ2n) is 4.00. The Morgan fingerprint density at radius 2 is 2.24 bits per heavy atom. The number of halogens is 1. The van der Waals surface area contributed by atoms with Crippen molar-refractivity contribution in [3.05, 3.63) is 28.8 Å². The van der Waals surface area contributed by atoms with E-state index in [9.17, 15) is 0 Å². The lowest BCUT2D eigenvalue weighted by Gasteiger charge is -2.14. The number of hydrogen-bond donors (Lipinski definition) is 1. The van der Waals surface area contributed by atoms with Crippen molar-refractivity contribution in [2.75, 3.05) is 18.6 Å². The standard InChI is InChI=1S/C13H20ClNOS/c1-3-6-17-9-12(15)8-10-7-11(14)4-5-13(10)16-2/h4-5,7,12H,3,6,8-9,15H2,1-2H3. The maximum atomic E-state index is 6.10. The highest BCUT2D eigenvalue weighted by molar-refractivity contribution is 7.99. The van der Waals surface area contributed by atoms with E-state index in [1.165, 1.54) is 12.2 Å². The number of hydrogen-bond acceptors (Lipinski definition) is 3. The van der Waals surface area contributed by atoms with Crippen LogP contribution in [0.25, 0.3) is 0 Å². The molecule has 0 heterocycles. The van der Waals surface area contributed by atoms with Gasteiger partial charge in [-0.25, -0.2) is 0 Å². The molecule has 2 N–H and O–H groups in total. The third kappa shape index (κ3) is 5.19. The topological polar surface area (TPSA) is 35.2 Å². The van der Waals surface area contributed by atoms with Crippen molar-refractivity contribution < 1.29 is 4.74 Å². The Bertz CT molecular complexity index is 346. The molecule has 0 spiro atoms. The van der Waals surface area contributed by atoms with Crippen LogP contribution in [0.5, 0.6) is 5.75 Å². The molecule has 0 aliphatic rings. The molecule has 17 heavy (non-hydrogen) atoms. The van der Waals surface area contributed by atoms with Crippen molar-refractivity contribution in [2.24, 2.45) is 5.73 Å². The smallest absolute Gasteiger partial charge is 0.122 e. The second-order valence-corrected chi connectivity index (χ2v) is 5.58. The SMILES string of the molecule is CCCSCC(N)Cc1cc(Cl)ccc1OC. The van der Waals surface area contributed by atoms with Crippen LogP contribution in [0.15, 0.2) is 18.2 Å². The molecule has 1 unspecified atom stereocenters. The fourth-order valence-corrected chi connectivity index (χ4v) is 2.70. The van der Waals surface area contributed by atoms with Crippen LogP contribution in [0.1, 0.15) is 18.9 Å². The van der Waals surface area contributed by atoms with E-state index in [1.807, 2.05) is 30.0 Å². The Morgan fingerprint density at radius 1 is 1.47 bits per heavy atom. The summed E-state index contributed by atoms with van der Waals surface area (Å²) in [5.74, 6) is 3.01. The van der Waals surface area contributed by atoms with Gasteiger partial charge >= 0.3 is 0 Å². The first-order chi connectivity index (χ1) is 8.17. The van der Waals surface area contributed by atoms with Crippen LogP contribution in [0, 0.1) is 0 Å². The lowest BCUT2D eigenvalue weighted by Crippen LogP contribution is -2.26. The molecule has 0 saturated carbocycles. The van der Waals surface area contributed by atoms with E-state index in [0.29, 0.717) is 0 Å². The van der Waals surface area contributed by atoms with Gasteiger partial charge in [0.15, 0.2) is 0 Å². The van der Waals surface area contributed by atoms with Crippen LogP contribution in [-0.4, -0.2) is 24.7 Å². The second kappa shape index (κ2) is 7.85. The van der Waals surface area contributed by atoms with Gasteiger partial charge in [-0.15, -0.1) is 0 Å². The first-order valence-electron chi connectivity index (χ1n) is 5.83. The number of rotatable bonds is 7. The molecule has 0 aliphatic carbocycles. The lowest BCUT2D eigenvalue weighted by atomic mass is 10.1. The summed E-state index contributed by atoms with van der Waals surface area (Å²) in [5.41, 5.74) is 7.19. The summed E-state index contributed by atoms with van der Waals surface area (Å²) >= 11 is 7.88. The molecule has 4 heteroatoms. The summed E-state index contributed by atoms with van der Waals surface area (Å²) in [6, 6.07) is 5.81. The van der Waals surface area contributed by atoms with E-state index in [-0.39, 0.29) is 6.04 Å². The number of methoxy groups -OCH3 is 1. The maximum Gasteiger partial charge on any atom is 0.122 e. The van der Waals surface area contributed by atoms with Crippen LogP contribution in [0.3, 0.4) is 0 Å². The molecule has 0 amide bonds. The normalized spacial score (nSPS) is 12.5. The first-order valence-corrected chi connectivity index (χ1v) is 7.36. The highest BCUT2D eigenvalue weighted by Crippen LogP contribution is 2.24. The van der Waals surface area contributed by atoms with Crippen molar-refractivity contribution in [3.63, 3.8) is 0 Å². The Kier molecular flexibility index (Phi) is 6.78. The minimum Gasteiger partial charge on any atom is -0.496 e. The summed E-state index contributed by atoms with van der Waals surface area (Å²) in [6.07, 6.45) is 2.00. The molecule has 0 saturated heterocycles. The summed E-state index contributed by atoms with van der Waals surface area (Å²) in [6.45, 7) is 2.18. The van der Waals surface area contributed by atoms with Crippen LogP contribution < -0.4 is 10.5 Å². The fourth-order valence-electron chi connectivity index (χ4n) is 1.63. The minimum atomic E-state index is 0.152. The molecule has 0 radical (unpaired) electrons. The third-order valence-electron chi connectivity index (χ3n) is 2.40. The van der Waals surface area contributed by atoms with Gasteiger partial charge in [-0.2, -0.15) is 11.8 Å². The Hall–Kier alpha value is -0.380. The summed E-state index contributed by atoms with van der Waals surface area (Å²) in [5, 5.41) is 0.731. The van der Waals surface area contributed by atoms with Crippen LogP contribution in [0.4, 0.5) is 0 Å². The van der Waals surface area contributed by atoms with Gasteiger partial charge in [-0.3, -0.25) is 0 Å². The minimum absolute atomic E-state index is 0.152. The molecular formula is C13H20ClNOS. The maximum absolute atomic E-state index is 6.10. The van der Waals surface area contributed by atoms with E-state index in [4.69, 9.17) is 22.1 Å². The van der Waals surface area contributed by atoms with Gasteiger partial charge in [-0.05, 0) is 42.4 Å². The molecule has 1 atom stereocenters. The lowest BCUT2D eigenvalue weighted by molar-refractivity contribution is 0.408. The van der Waals surface area contributed by atoms with Crippen molar-refractivity contribution >= 4 is 23.4 Å². The molecular weight excluding hydrogens is 254 g/mol. The largest absolute Gasteiger partial charge is 0.496 e. The average Bonchev–Trinajstić information content (AvgIpc) is 2.29. The monoisotopic (exact) mass is 273 g/mol. The molecule has 0 aromatic heterocycles. The molecule has 1 rings (SSSR count). The van der Waals surface area contributed by atoms with Crippen LogP contribution in [0.2, 0.25) is 5.02 Å². The Labute approximate surface area is 113 Å². The van der Waals surface area contributed by atoms with Crippen molar-refractivity contribution in [1.82, 2.24) is 0 Å². The molecule has 1 aromatic rings. The zero-order valence-corrected chi connectivity index (χ0v) is 12.0. The van der Waals surface area contributed by atoms with Crippen molar-refractivity contribution in [3.8, 4) is 5.75 Å².